The van der Waals surface area contributed by atoms with Crippen LogP contribution in [0.2, 0.25) is 0 Å². The Morgan fingerprint density at radius 2 is 1.52 bits per heavy atom. The largest absolute Gasteiger partial charge is 0.481 e. The lowest BCUT2D eigenvalue weighted by Gasteiger charge is -2.44. The first kappa shape index (κ1) is 14.9. The number of carboxylic acid groups (broad SMARTS) is 1. The van der Waals surface area contributed by atoms with E-state index in [4.69, 9.17) is 0 Å². The highest BCUT2D eigenvalue weighted by atomic mass is 16.4. The van der Waals surface area contributed by atoms with Gasteiger partial charge >= 0.3 is 5.97 Å². The maximum atomic E-state index is 12.6. The van der Waals surface area contributed by atoms with Crippen LogP contribution in [-0.2, 0) is 9.59 Å². The van der Waals surface area contributed by atoms with Crippen molar-refractivity contribution in [2.24, 2.45) is 22.7 Å². The number of piperidine rings is 1. The zero-order valence-corrected chi connectivity index (χ0v) is 13.2. The molecule has 21 heavy (non-hydrogen) atoms. The second-order valence-corrected chi connectivity index (χ2v) is 8.00. The van der Waals surface area contributed by atoms with E-state index in [1.165, 1.54) is 32.1 Å². The molecule has 118 valence electrons. The molecular formula is C17H27NO3. The van der Waals surface area contributed by atoms with E-state index in [-0.39, 0.29) is 17.2 Å². The monoisotopic (exact) mass is 293 g/mol. The van der Waals surface area contributed by atoms with Crippen molar-refractivity contribution in [2.45, 2.75) is 58.8 Å². The van der Waals surface area contributed by atoms with E-state index in [1.54, 1.807) is 0 Å². The van der Waals surface area contributed by atoms with Crippen molar-refractivity contribution in [3.8, 4) is 0 Å². The molecule has 2 aliphatic carbocycles. The summed E-state index contributed by atoms with van der Waals surface area (Å²) in [5.41, 5.74) is 0.114. The molecule has 3 aliphatic rings. The first-order valence-corrected chi connectivity index (χ1v) is 8.39. The fraction of sp³-hybridized carbons (Fsp3) is 0.882. The number of rotatable bonds is 2. The van der Waals surface area contributed by atoms with Crippen LogP contribution in [0.25, 0.3) is 0 Å². The van der Waals surface area contributed by atoms with Gasteiger partial charge in [0.25, 0.3) is 0 Å². The molecule has 1 amide bonds. The Balaban J connectivity index is 1.60. The third-order valence-corrected chi connectivity index (χ3v) is 6.41. The van der Waals surface area contributed by atoms with Crippen LogP contribution < -0.4 is 0 Å². The lowest BCUT2D eigenvalue weighted by Crippen LogP contribution is -2.45. The molecule has 3 fully saturated rings. The molecule has 2 atom stereocenters. The number of carboxylic acids is 1. The molecule has 0 radical (unpaired) electrons. The van der Waals surface area contributed by atoms with Gasteiger partial charge < -0.3 is 10.0 Å². The molecule has 1 heterocycles. The molecule has 0 unspecified atom stereocenters. The standard InChI is InChI=1S/C17H27NO3/c1-16(2)12(13(16)15(20)21)14(19)18-10-8-17(9-11-18)6-4-3-5-7-17/h12-13H,3-11H2,1-2H3,(H,20,21)/t12-,13+/m1/s1. The molecule has 0 aromatic carbocycles. The lowest BCUT2D eigenvalue weighted by molar-refractivity contribution is -0.142. The van der Waals surface area contributed by atoms with Crippen LogP contribution in [0, 0.1) is 22.7 Å². The van der Waals surface area contributed by atoms with Crippen molar-refractivity contribution in [1.29, 1.82) is 0 Å². The highest BCUT2D eigenvalue weighted by Gasteiger charge is 2.66. The van der Waals surface area contributed by atoms with Gasteiger partial charge in [0.05, 0.1) is 11.8 Å². The zero-order chi connectivity index (χ0) is 15.3. The number of carbonyl (C=O) groups excluding carboxylic acids is 1. The van der Waals surface area contributed by atoms with Gasteiger partial charge in [-0.1, -0.05) is 33.1 Å². The third-order valence-electron chi connectivity index (χ3n) is 6.41. The van der Waals surface area contributed by atoms with Crippen LogP contribution in [0.3, 0.4) is 0 Å². The number of hydrogen-bond acceptors (Lipinski definition) is 2. The number of carbonyl (C=O) groups is 2. The van der Waals surface area contributed by atoms with Crippen molar-refractivity contribution >= 4 is 11.9 Å². The minimum atomic E-state index is -0.820. The Morgan fingerprint density at radius 1 is 0.952 bits per heavy atom. The molecule has 0 aromatic heterocycles. The number of amides is 1. The summed E-state index contributed by atoms with van der Waals surface area (Å²) in [5.74, 6) is -1.54. The molecular weight excluding hydrogens is 266 g/mol. The number of nitrogens with zero attached hydrogens (tertiary/aromatic N) is 1. The molecule has 3 rings (SSSR count). The Kier molecular flexibility index (Phi) is 3.53. The van der Waals surface area contributed by atoms with Crippen LogP contribution in [0.5, 0.6) is 0 Å². The first-order valence-electron chi connectivity index (χ1n) is 8.39. The van der Waals surface area contributed by atoms with Gasteiger partial charge in [0, 0.05) is 13.1 Å². The van der Waals surface area contributed by atoms with E-state index in [0.717, 1.165) is 25.9 Å². The van der Waals surface area contributed by atoms with Crippen LogP contribution in [-0.4, -0.2) is 35.0 Å². The summed E-state index contributed by atoms with van der Waals surface area (Å²) in [6.45, 7) is 5.47. The second-order valence-electron chi connectivity index (χ2n) is 8.00. The maximum Gasteiger partial charge on any atom is 0.307 e. The number of aliphatic carboxylic acids is 1. The summed E-state index contributed by atoms with van der Waals surface area (Å²) in [5, 5.41) is 9.23. The van der Waals surface area contributed by atoms with E-state index < -0.39 is 11.9 Å². The lowest BCUT2D eigenvalue weighted by atomic mass is 9.68. The molecule has 4 nitrogen and oxygen atoms in total. The third kappa shape index (κ3) is 2.47. The fourth-order valence-electron chi connectivity index (χ4n) is 4.76. The van der Waals surface area contributed by atoms with E-state index in [9.17, 15) is 14.7 Å². The highest BCUT2D eigenvalue weighted by molar-refractivity contribution is 5.91. The van der Waals surface area contributed by atoms with E-state index in [2.05, 4.69) is 0 Å². The van der Waals surface area contributed by atoms with Crippen molar-refractivity contribution < 1.29 is 14.7 Å². The van der Waals surface area contributed by atoms with Crippen molar-refractivity contribution in [3.05, 3.63) is 0 Å². The average molecular weight is 293 g/mol. The molecule has 1 N–H and O–H groups in total. The average Bonchev–Trinajstić information content (AvgIpc) is 3.03. The normalized spacial score (nSPS) is 33.7. The molecule has 2 saturated carbocycles. The Labute approximate surface area is 126 Å². The number of likely N-dealkylation sites (tertiary alicyclic amines) is 1. The molecule has 1 saturated heterocycles. The van der Waals surface area contributed by atoms with Crippen LogP contribution in [0.15, 0.2) is 0 Å². The van der Waals surface area contributed by atoms with Gasteiger partial charge in [0.15, 0.2) is 0 Å². The van der Waals surface area contributed by atoms with Gasteiger partial charge in [0.1, 0.15) is 0 Å². The van der Waals surface area contributed by atoms with Gasteiger partial charge in [-0.15, -0.1) is 0 Å². The predicted molar refractivity (Wildman–Crippen MR) is 79.7 cm³/mol. The van der Waals surface area contributed by atoms with Crippen molar-refractivity contribution in [2.75, 3.05) is 13.1 Å². The van der Waals surface area contributed by atoms with Crippen LogP contribution >= 0.6 is 0 Å². The van der Waals surface area contributed by atoms with Crippen LogP contribution in [0.4, 0.5) is 0 Å². The van der Waals surface area contributed by atoms with Gasteiger partial charge in [-0.05, 0) is 36.5 Å². The smallest absolute Gasteiger partial charge is 0.307 e. The minimum Gasteiger partial charge on any atom is -0.481 e. The minimum absolute atomic E-state index is 0.0815. The highest BCUT2D eigenvalue weighted by Crippen LogP contribution is 2.59. The predicted octanol–water partition coefficient (Wildman–Crippen LogP) is 2.92. The van der Waals surface area contributed by atoms with Gasteiger partial charge in [-0.2, -0.15) is 0 Å². The summed E-state index contributed by atoms with van der Waals surface area (Å²) >= 11 is 0. The Bertz CT molecular complexity index is 441. The van der Waals surface area contributed by atoms with Crippen LogP contribution in [0.1, 0.15) is 58.8 Å². The summed E-state index contributed by atoms with van der Waals surface area (Å²) in [6, 6.07) is 0. The molecule has 0 bridgehead atoms. The molecule has 0 aromatic rings. The first-order chi connectivity index (χ1) is 9.87. The summed E-state index contributed by atoms with van der Waals surface area (Å²) in [6.07, 6.45) is 8.91. The van der Waals surface area contributed by atoms with E-state index in [1.807, 2.05) is 18.7 Å². The summed E-state index contributed by atoms with van der Waals surface area (Å²) < 4.78 is 0. The maximum absolute atomic E-state index is 12.6. The quantitative estimate of drug-likeness (QED) is 0.851. The fourth-order valence-corrected chi connectivity index (χ4v) is 4.76. The van der Waals surface area contributed by atoms with Crippen molar-refractivity contribution in [3.63, 3.8) is 0 Å². The topological polar surface area (TPSA) is 57.6 Å². The molecule has 1 spiro atoms. The summed E-state index contributed by atoms with van der Waals surface area (Å²) in [7, 11) is 0. The van der Waals surface area contributed by atoms with Gasteiger partial charge in [0.2, 0.25) is 5.91 Å². The SMILES string of the molecule is CC1(C)[C@H](C(=O)O)[C@@H]1C(=O)N1CCC2(CCCCC2)CC1. The van der Waals surface area contributed by atoms with E-state index in [0.29, 0.717) is 5.41 Å². The second kappa shape index (κ2) is 4.99. The van der Waals surface area contributed by atoms with Gasteiger partial charge in [-0.3, -0.25) is 9.59 Å². The molecule has 1 aliphatic heterocycles. The van der Waals surface area contributed by atoms with E-state index >= 15 is 0 Å². The Morgan fingerprint density at radius 3 is 2.00 bits per heavy atom. The molecule has 4 heteroatoms. The Hall–Kier alpha value is -1.06. The van der Waals surface area contributed by atoms with Gasteiger partial charge in [-0.25, -0.2) is 0 Å². The number of hydrogen-bond donors (Lipinski definition) is 1. The summed E-state index contributed by atoms with van der Waals surface area (Å²) in [4.78, 5) is 25.8. The van der Waals surface area contributed by atoms with Crippen molar-refractivity contribution in [1.82, 2.24) is 4.90 Å². The zero-order valence-electron chi connectivity index (χ0n) is 13.2.